The Morgan fingerprint density at radius 1 is 1.35 bits per heavy atom. The Bertz CT molecular complexity index is 534. The standard InChI is InChI=1S/C15H17NO4/c1-11(14-3-2-8-19-14)16-15(18)10-20-13-6-4-12(9-17)5-7-13/h2-8,11,17H,9-10H2,1H3,(H,16,18). The number of carbonyl (C=O) groups excluding carboxylic acids is 1. The van der Waals surface area contributed by atoms with E-state index in [1.807, 2.05) is 6.92 Å². The number of furan rings is 1. The van der Waals surface area contributed by atoms with E-state index in [0.717, 1.165) is 5.56 Å². The summed E-state index contributed by atoms with van der Waals surface area (Å²) in [7, 11) is 0. The van der Waals surface area contributed by atoms with Crippen LogP contribution in [0.4, 0.5) is 0 Å². The van der Waals surface area contributed by atoms with Crippen LogP contribution in [0.3, 0.4) is 0 Å². The smallest absolute Gasteiger partial charge is 0.258 e. The van der Waals surface area contributed by atoms with Crippen molar-refractivity contribution >= 4 is 5.91 Å². The van der Waals surface area contributed by atoms with Gasteiger partial charge in [0.05, 0.1) is 18.9 Å². The van der Waals surface area contributed by atoms with Crippen LogP contribution in [0, 0.1) is 0 Å². The number of hydrogen-bond donors (Lipinski definition) is 2. The van der Waals surface area contributed by atoms with Crippen molar-refractivity contribution in [3.8, 4) is 5.75 Å². The maximum atomic E-state index is 11.7. The molecular weight excluding hydrogens is 258 g/mol. The first-order chi connectivity index (χ1) is 9.69. The van der Waals surface area contributed by atoms with Gasteiger partial charge in [-0.1, -0.05) is 12.1 Å². The summed E-state index contributed by atoms with van der Waals surface area (Å²) < 4.78 is 10.6. The molecule has 5 heteroatoms. The summed E-state index contributed by atoms with van der Waals surface area (Å²) in [6.45, 7) is 1.76. The Kier molecular flexibility index (Phi) is 4.79. The predicted molar refractivity (Wildman–Crippen MR) is 73.1 cm³/mol. The van der Waals surface area contributed by atoms with Gasteiger partial charge in [0.1, 0.15) is 11.5 Å². The molecule has 2 rings (SSSR count). The van der Waals surface area contributed by atoms with Crippen molar-refractivity contribution < 1.29 is 19.1 Å². The van der Waals surface area contributed by atoms with Crippen molar-refractivity contribution in [3.05, 3.63) is 54.0 Å². The van der Waals surface area contributed by atoms with Gasteiger partial charge >= 0.3 is 0 Å². The number of aliphatic hydroxyl groups is 1. The fourth-order valence-corrected chi connectivity index (χ4v) is 1.73. The van der Waals surface area contributed by atoms with Crippen LogP contribution in [0.1, 0.15) is 24.3 Å². The van der Waals surface area contributed by atoms with Gasteiger partial charge in [-0.15, -0.1) is 0 Å². The van der Waals surface area contributed by atoms with E-state index >= 15 is 0 Å². The zero-order chi connectivity index (χ0) is 14.4. The number of rotatable bonds is 6. The number of benzene rings is 1. The van der Waals surface area contributed by atoms with E-state index in [1.165, 1.54) is 0 Å². The molecule has 0 radical (unpaired) electrons. The highest BCUT2D eigenvalue weighted by atomic mass is 16.5. The first-order valence-corrected chi connectivity index (χ1v) is 6.34. The summed E-state index contributed by atoms with van der Waals surface area (Å²) in [6, 6.07) is 10.3. The molecule has 0 bridgehead atoms. The summed E-state index contributed by atoms with van der Waals surface area (Å²) in [5.74, 6) is 1.06. The normalized spacial score (nSPS) is 11.9. The average Bonchev–Trinajstić information content (AvgIpc) is 3.00. The van der Waals surface area contributed by atoms with Crippen molar-refractivity contribution in [2.24, 2.45) is 0 Å². The number of ether oxygens (including phenoxy) is 1. The van der Waals surface area contributed by atoms with E-state index in [2.05, 4.69) is 5.32 Å². The molecule has 5 nitrogen and oxygen atoms in total. The number of nitrogens with one attached hydrogen (secondary N) is 1. The van der Waals surface area contributed by atoms with Crippen LogP contribution < -0.4 is 10.1 Å². The van der Waals surface area contributed by atoms with Gasteiger partial charge in [0, 0.05) is 0 Å². The lowest BCUT2D eigenvalue weighted by molar-refractivity contribution is -0.123. The Morgan fingerprint density at radius 2 is 2.10 bits per heavy atom. The lowest BCUT2D eigenvalue weighted by Crippen LogP contribution is -2.31. The molecular formula is C15H17NO4. The molecule has 0 aliphatic carbocycles. The summed E-state index contributed by atoms with van der Waals surface area (Å²) in [5, 5.41) is 11.7. The maximum Gasteiger partial charge on any atom is 0.258 e. The number of hydrogen-bond acceptors (Lipinski definition) is 4. The number of amides is 1. The monoisotopic (exact) mass is 275 g/mol. The van der Waals surface area contributed by atoms with Gasteiger partial charge in [0.2, 0.25) is 0 Å². The molecule has 0 saturated heterocycles. The van der Waals surface area contributed by atoms with E-state index in [9.17, 15) is 4.79 Å². The Balaban J connectivity index is 1.79. The second-order valence-electron chi connectivity index (χ2n) is 4.40. The molecule has 2 N–H and O–H groups in total. The van der Waals surface area contributed by atoms with Crippen LogP contribution in [0.15, 0.2) is 47.1 Å². The minimum Gasteiger partial charge on any atom is -0.484 e. The van der Waals surface area contributed by atoms with E-state index in [4.69, 9.17) is 14.3 Å². The van der Waals surface area contributed by atoms with Crippen LogP contribution in [0.25, 0.3) is 0 Å². The molecule has 0 saturated carbocycles. The van der Waals surface area contributed by atoms with Crippen molar-refractivity contribution in [3.63, 3.8) is 0 Å². The topological polar surface area (TPSA) is 71.7 Å². The van der Waals surface area contributed by atoms with Crippen molar-refractivity contribution in [2.75, 3.05) is 6.61 Å². The molecule has 0 aliphatic rings. The highest BCUT2D eigenvalue weighted by Crippen LogP contribution is 2.13. The minimum absolute atomic E-state index is 0.0125. The molecule has 1 aromatic heterocycles. The van der Waals surface area contributed by atoms with Gasteiger partial charge < -0.3 is 19.6 Å². The Hall–Kier alpha value is -2.27. The van der Waals surface area contributed by atoms with Crippen LogP contribution in [-0.4, -0.2) is 17.6 Å². The van der Waals surface area contributed by atoms with Crippen LogP contribution >= 0.6 is 0 Å². The van der Waals surface area contributed by atoms with Crippen LogP contribution in [0.2, 0.25) is 0 Å². The first kappa shape index (κ1) is 14.1. The molecule has 0 aliphatic heterocycles. The van der Waals surface area contributed by atoms with Gasteiger partial charge in [-0.3, -0.25) is 4.79 Å². The largest absolute Gasteiger partial charge is 0.484 e. The summed E-state index contributed by atoms with van der Waals surface area (Å²) in [4.78, 5) is 11.7. The second kappa shape index (κ2) is 6.77. The molecule has 20 heavy (non-hydrogen) atoms. The predicted octanol–water partition coefficient (Wildman–Crippen LogP) is 2.03. The second-order valence-corrected chi connectivity index (χ2v) is 4.40. The lowest BCUT2D eigenvalue weighted by atomic mass is 10.2. The maximum absolute atomic E-state index is 11.7. The molecule has 2 aromatic rings. The fraction of sp³-hybridized carbons (Fsp3) is 0.267. The minimum atomic E-state index is -0.222. The quantitative estimate of drug-likeness (QED) is 0.846. The average molecular weight is 275 g/mol. The Morgan fingerprint density at radius 3 is 2.70 bits per heavy atom. The van der Waals surface area contributed by atoms with E-state index < -0.39 is 0 Å². The van der Waals surface area contributed by atoms with Gasteiger partial charge in [-0.05, 0) is 36.8 Å². The molecule has 0 spiro atoms. The van der Waals surface area contributed by atoms with E-state index in [0.29, 0.717) is 11.5 Å². The molecule has 1 amide bonds. The highest BCUT2D eigenvalue weighted by Gasteiger charge is 2.12. The Labute approximate surface area is 117 Å². The fourth-order valence-electron chi connectivity index (χ4n) is 1.73. The third kappa shape index (κ3) is 3.86. The third-order valence-corrected chi connectivity index (χ3v) is 2.82. The summed E-state index contributed by atoms with van der Waals surface area (Å²) in [6.07, 6.45) is 1.57. The van der Waals surface area contributed by atoms with Crippen LogP contribution in [0.5, 0.6) is 5.75 Å². The SMILES string of the molecule is CC(NC(=O)COc1ccc(CO)cc1)c1ccco1. The zero-order valence-corrected chi connectivity index (χ0v) is 11.2. The number of aliphatic hydroxyl groups excluding tert-OH is 1. The first-order valence-electron chi connectivity index (χ1n) is 6.34. The van der Waals surface area contributed by atoms with Crippen molar-refractivity contribution in [1.82, 2.24) is 5.32 Å². The van der Waals surface area contributed by atoms with Gasteiger partial charge in [-0.2, -0.15) is 0 Å². The van der Waals surface area contributed by atoms with Gasteiger partial charge in [-0.25, -0.2) is 0 Å². The molecule has 1 heterocycles. The van der Waals surface area contributed by atoms with Crippen LogP contribution in [-0.2, 0) is 11.4 Å². The van der Waals surface area contributed by atoms with E-state index in [1.54, 1.807) is 42.7 Å². The zero-order valence-electron chi connectivity index (χ0n) is 11.2. The molecule has 1 unspecified atom stereocenters. The number of carbonyl (C=O) groups is 1. The van der Waals surface area contributed by atoms with Gasteiger partial charge in [0.25, 0.3) is 5.91 Å². The highest BCUT2D eigenvalue weighted by molar-refractivity contribution is 5.77. The van der Waals surface area contributed by atoms with Crippen molar-refractivity contribution in [1.29, 1.82) is 0 Å². The van der Waals surface area contributed by atoms with Gasteiger partial charge in [0.15, 0.2) is 6.61 Å². The molecule has 106 valence electrons. The molecule has 1 atom stereocenters. The summed E-state index contributed by atoms with van der Waals surface area (Å²) in [5.41, 5.74) is 0.799. The molecule has 1 aromatic carbocycles. The molecule has 0 fully saturated rings. The third-order valence-electron chi connectivity index (χ3n) is 2.82. The lowest BCUT2D eigenvalue weighted by Gasteiger charge is -2.12. The van der Waals surface area contributed by atoms with Crippen molar-refractivity contribution in [2.45, 2.75) is 19.6 Å². The van der Waals surface area contributed by atoms with E-state index in [-0.39, 0.29) is 25.2 Å². The summed E-state index contributed by atoms with van der Waals surface area (Å²) >= 11 is 0.